The summed E-state index contributed by atoms with van der Waals surface area (Å²) in [5.41, 5.74) is 2.58. The van der Waals surface area contributed by atoms with Crippen molar-refractivity contribution in [3.63, 3.8) is 0 Å². The second-order valence-corrected chi connectivity index (χ2v) is 30.1. The molecule has 0 spiro atoms. The van der Waals surface area contributed by atoms with E-state index in [0.717, 1.165) is 71.9 Å². The molecule has 5 nitrogen and oxygen atoms in total. The summed E-state index contributed by atoms with van der Waals surface area (Å²) < 4.78 is 30.9. The summed E-state index contributed by atoms with van der Waals surface area (Å²) in [6, 6.07) is 8.73. The molecule has 442 valence electrons. The number of phenolic OH excluding ortho intramolecular Hbond substituents is 2. The van der Waals surface area contributed by atoms with Crippen LogP contribution in [-0.4, -0.2) is 23.4 Å². The predicted molar refractivity (Wildman–Crippen MR) is 335 cm³/mol. The molecule has 0 aliphatic carbocycles. The lowest BCUT2D eigenvalue weighted by molar-refractivity contribution is 0.175. The molecule has 76 heavy (non-hydrogen) atoms. The van der Waals surface area contributed by atoms with E-state index in [4.69, 9.17) is 9.05 Å². The molecule has 0 radical (unpaired) electrons. The third-order valence-electron chi connectivity index (χ3n) is 17.0. The van der Waals surface area contributed by atoms with Crippen molar-refractivity contribution in [2.45, 2.75) is 362 Å². The molecule has 0 fully saturated rings. The van der Waals surface area contributed by atoms with Gasteiger partial charge in [0, 0.05) is 5.41 Å². The van der Waals surface area contributed by atoms with Crippen LogP contribution in [0.15, 0.2) is 24.3 Å². The maximum atomic E-state index is 16.9. The molecule has 0 saturated heterocycles. The molecule has 0 aliphatic rings. The minimum atomic E-state index is -3.98. The molecule has 2 rings (SSSR count). The van der Waals surface area contributed by atoms with E-state index < -0.39 is 29.5 Å². The zero-order valence-corrected chi connectivity index (χ0v) is 54.3. The third kappa shape index (κ3) is 24.5. The Hall–Kier alpha value is -1.81. The average Bonchev–Trinajstić information content (AvgIpc) is 3.34. The van der Waals surface area contributed by atoms with Gasteiger partial charge >= 0.3 is 7.60 Å². The van der Waals surface area contributed by atoms with Crippen LogP contribution in [0.3, 0.4) is 0 Å². The monoisotopic (exact) mass is 1080 g/mol. The lowest BCUT2D eigenvalue weighted by Crippen LogP contribution is -2.35. The van der Waals surface area contributed by atoms with E-state index in [-0.39, 0.29) is 10.8 Å². The first-order valence-electron chi connectivity index (χ1n) is 32.5. The number of benzene rings is 2. The summed E-state index contributed by atoms with van der Waals surface area (Å²) in [5, 5.41) is 24.3. The van der Waals surface area contributed by atoms with Gasteiger partial charge in [0.05, 0.1) is 18.9 Å². The maximum absolute atomic E-state index is 16.9. The van der Waals surface area contributed by atoms with Gasteiger partial charge in [-0.2, -0.15) is 0 Å². The Balaban J connectivity index is 2.52. The first-order valence-corrected chi connectivity index (χ1v) is 34.1. The van der Waals surface area contributed by atoms with E-state index in [2.05, 4.69) is 135 Å². The van der Waals surface area contributed by atoms with Gasteiger partial charge in [-0.3, -0.25) is 4.57 Å². The molecule has 1 atom stereocenters. The molecule has 2 aromatic carbocycles. The second-order valence-electron chi connectivity index (χ2n) is 28.0. The van der Waals surface area contributed by atoms with Gasteiger partial charge in [-0.25, -0.2) is 0 Å². The fourth-order valence-corrected chi connectivity index (χ4v) is 14.7. The van der Waals surface area contributed by atoms with Crippen LogP contribution in [0.2, 0.25) is 0 Å². The largest absolute Gasteiger partial charge is 0.507 e. The van der Waals surface area contributed by atoms with Crippen molar-refractivity contribution in [3.05, 3.63) is 57.6 Å². The van der Waals surface area contributed by atoms with Gasteiger partial charge in [0.25, 0.3) is 0 Å². The van der Waals surface area contributed by atoms with Crippen LogP contribution in [0.5, 0.6) is 11.5 Å². The quantitative estimate of drug-likeness (QED) is 0.0512. The number of hydrogen-bond acceptors (Lipinski definition) is 5. The Bertz CT molecular complexity index is 1770. The van der Waals surface area contributed by atoms with Crippen molar-refractivity contribution in [2.75, 3.05) is 13.2 Å². The number of aromatic hydroxyl groups is 2. The Morgan fingerprint density at radius 3 is 0.816 bits per heavy atom. The van der Waals surface area contributed by atoms with Crippen LogP contribution in [0.4, 0.5) is 0 Å². The van der Waals surface area contributed by atoms with E-state index in [9.17, 15) is 10.2 Å². The normalized spacial score (nSPS) is 13.5. The topological polar surface area (TPSA) is 76.0 Å². The van der Waals surface area contributed by atoms with Crippen LogP contribution < -0.4 is 0 Å². The number of rotatable bonds is 42. The van der Waals surface area contributed by atoms with Crippen molar-refractivity contribution in [1.29, 1.82) is 0 Å². The summed E-state index contributed by atoms with van der Waals surface area (Å²) >= 11 is 0. The number of phenols is 2. The van der Waals surface area contributed by atoms with Gasteiger partial charge < -0.3 is 19.3 Å². The number of unbranched alkanes of at least 4 members (excludes halogenated alkanes) is 30. The minimum absolute atomic E-state index is 0.314. The van der Waals surface area contributed by atoms with Gasteiger partial charge in [-0.05, 0) is 80.7 Å². The van der Waals surface area contributed by atoms with Crippen LogP contribution in [0.25, 0.3) is 0 Å². The molecule has 0 heterocycles. The molecule has 0 aromatic heterocycles. The summed E-state index contributed by atoms with van der Waals surface area (Å²) in [6.45, 7) is 35.8. The standard InChI is InChI=1S/C70H127O5P/c1-17-21-23-25-27-29-31-33-35-37-39-41-43-45-47-49-51-74-76(73,75-52-50-48-46-44-42-40-38-36-34-32-30-28-26-24-22-18-2)65(57-53-59(66(5,6)7)63(71)60(54-57)67(8,9)10)70(19-3,20-4)58-55-61(68(11,12)13)64(72)62(56-58)69(14,15)16/h53-56,65,71-72H,17-52H2,1-16H3. The van der Waals surface area contributed by atoms with Gasteiger partial charge in [0.2, 0.25) is 0 Å². The molecule has 0 bridgehead atoms. The van der Waals surface area contributed by atoms with Gasteiger partial charge in [0.15, 0.2) is 0 Å². The minimum Gasteiger partial charge on any atom is -0.507 e. The summed E-state index contributed by atoms with van der Waals surface area (Å²) in [5.74, 6) is 0.660. The molecule has 2 N–H and O–H groups in total. The van der Waals surface area contributed by atoms with Crippen LogP contribution in [0.1, 0.15) is 368 Å². The molecule has 0 aliphatic heterocycles. The van der Waals surface area contributed by atoms with Crippen LogP contribution in [-0.2, 0) is 40.7 Å². The average molecular weight is 1080 g/mol. The van der Waals surface area contributed by atoms with Crippen molar-refractivity contribution < 1.29 is 23.8 Å². The lowest BCUT2D eigenvalue weighted by atomic mass is 9.67. The SMILES string of the molecule is CCCCCCCCCCCCCCCCCCOP(=O)(OCCCCCCCCCCCCCCCCCC)C(c1cc(C(C)(C)C)c(O)c(C(C)(C)C)c1)C(CC)(CC)c1cc(C(C)(C)C)c(O)c(C(C)(C)C)c1. The van der Waals surface area contributed by atoms with Crippen molar-refractivity contribution in [1.82, 2.24) is 0 Å². The van der Waals surface area contributed by atoms with E-state index in [0.29, 0.717) is 37.6 Å². The zero-order chi connectivity index (χ0) is 56.9. The first kappa shape index (κ1) is 70.3. The molecule has 2 aromatic rings. The highest BCUT2D eigenvalue weighted by Gasteiger charge is 2.52. The fraction of sp³-hybridized carbons (Fsp3) is 0.829. The van der Waals surface area contributed by atoms with Crippen LogP contribution >= 0.6 is 7.60 Å². The Morgan fingerprint density at radius 2 is 0.592 bits per heavy atom. The molecule has 1 unspecified atom stereocenters. The third-order valence-corrected chi connectivity index (χ3v) is 19.5. The van der Waals surface area contributed by atoms with Crippen LogP contribution in [0, 0.1) is 0 Å². The number of hydrogen-bond donors (Lipinski definition) is 2. The van der Waals surface area contributed by atoms with E-state index >= 15 is 4.57 Å². The highest BCUT2D eigenvalue weighted by atomic mass is 31.2. The zero-order valence-electron chi connectivity index (χ0n) is 53.4. The second kappa shape index (κ2) is 35.8. The summed E-state index contributed by atoms with van der Waals surface area (Å²) in [7, 11) is -3.98. The van der Waals surface area contributed by atoms with Crippen molar-refractivity contribution >= 4 is 7.60 Å². The molecular formula is C70H127O5P. The Morgan fingerprint density at radius 1 is 0.368 bits per heavy atom. The fourth-order valence-electron chi connectivity index (χ4n) is 11.9. The summed E-state index contributed by atoms with van der Waals surface area (Å²) in [6.07, 6.45) is 42.7. The Labute approximate surface area is 473 Å². The maximum Gasteiger partial charge on any atom is 0.338 e. The van der Waals surface area contributed by atoms with Gasteiger partial charge in [-0.15, -0.1) is 0 Å². The smallest absolute Gasteiger partial charge is 0.338 e. The molecule has 0 amide bonds. The van der Waals surface area contributed by atoms with Gasteiger partial charge in [0.1, 0.15) is 11.5 Å². The highest BCUT2D eigenvalue weighted by Crippen LogP contribution is 2.70. The predicted octanol–water partition coefficient (Wildman–Crippen LogP) is 23.8. The first-order chi connectivity index (χ1) is 35.9. The Kier molecular flexibility index (Phi) is 33.1. The van der Waals surface area contributed by atoms with Gasteiger partial charge in [-0.1, -0.05) is 328 Å². The molecule has 0 saturated carbocycles. The summed E-state index contributed by atoms with van der Waals surface area (Å²) in [4.78, 5) is 0. The highest BCUT2D eigenvalue weighted by molar-refractivity contribution is 7.54. The molecular weight excluding hydrogens is 952 g/mol. The lowest BCUT2D eigenvalue weighted by Gasteiger charge is -2.45. The van der Waals surface area contributed by atoms with E-state index in [1.165, 1.54) is 167 Å². The van der Waals surface area contributed by atoms with E-state index in [1.54, 1.807) is 0 Å². The van der Waals surface area contributed by atoms with E-state index in [1.807, 2.05) is 0 Å². The van der Waals surface area contributed by atoms with Crippen molar-refractivity contribution in [2.24, 2.45) is 0 Å². The van der Waals surface area contributed by atoms with Crippen molar-refractivity contribution in [3.8, 4) is 11.5 Å². The molecule has 6 heteroatoms.